The molecule has 0 bridgehead atoms. The molecule has 1 unspecified atom stereocenters. The first-order chi connectivity index (χ1) is 11.4. The molecule has 6 heteroatoms. The van der Waals surface area contributed by atoms with Gasteiger partial charge in [0.05, 0.1) is 13.1 Å². The van der Waals surface area contributed by atoms with E-state index in [-0.39, 0.29) is 12.4 Å². The Balaban J connectivity index is 2.01. The van der Waals surface area contributed by atoms with E-state index in [2.05, 4.69) is 15.6 Å². The predicted molar refractivity (Wildman–Crippen MR) is 92.2 cm³/mol. The third kappa shape index (κ3) is 5.09. The van der Waals surface area contributed by atoms with E-state index >= 15 is 0 Å². The number of hydrogen-bond donors (Lipinski definition) is 3. The molecule has 0 radical (unpaired) electrons. The maximum atomic E-state index is 13.2. The largest absolute Gasteiger partial charge is 0.463 e. The van der Waals surface area contributed by atoms with Crippen molar-refractivity contribution < 1.29 is 13.9 Å². The van der Waals surface area contributed by atoms with Gasteiger partial charge in [-0.2, -0.15) is 0 Å². The van der Waals surface area contributed by atoms with Crippen LogP contribution in [-0.2, 0) is 12.1 Å². The fraction of sp³-hybridized carbons (Fsp3) is 0.389. The number of nitrogens with zero attached hydrogens (tertiary/aromatic N) is 1. The second-order valence-electron chi connectivity index (χ2n) is 5.86. The topological polar surface area (TPSA) is 69.8 Å². The monoisotopic (exact) mass is 333 g/mol. The van der Waals surface area contributed by atoms with Crippen molar-refractivity contribution >= 4 is 5.96 Å². The molecule has 1 aromatic carbocycles. The quantitative estimate of drug-likeness (QED) is 0.561. The van der Waals surface area contributed by atoms with Crippen LogP contribution in [0.4, 0.5) is 4.39 Å². The summed E-state index contributed by atoms with van der Waals surface area (Å²) < 4.78 is 18.7. The average molecular weight is 333 g/mol. The van der Waals surface area contributed by atoms with E-state index in [9.17, 15) is 9.50 Å². The summed E-state index contributed by atoms with van der Waals surface area (Å²) in [5, 5.41) is 16.7. The van der Waals surface area contributed by atoms with Crippen LogP contribution in [0.1, 0.15) is 30.9 Å². The van der Waals surface area contributed by atoms with Gasteiger partial charge in [0, 0.05) is 6.54 Å². The lowest BCUT2D eigenvalue weighted by molar-refractivity contribution is 0.0378. The highest BCUT2D eigenvalue weighted by Crippen LogP contribution is 2.21. The Morgan fingerprint density at radius 1 is 1.29 bits per heavy atom. The predicted octanol–water partition coefficient (Wildman–Crippen LogP) is 2.69. The van der Waals surface area contributed by atoms with Gasteiger partial charge in [0.1, 0.15) is 22.9 Å². The van der Waals surface area contributed by atoms with Crippen molar-refractivity contribution in [3.63, 3.8) is 0 Å². The fourth-order valence-corrected chi connectivity index (χ4v) is 2.21. The SMILES string of the molecule is CCNC(=NCc1cccc(F)c1)NCC(C)(O)c1ccc(C)o1. The number of hydrogen-bond acceptors (Lipinski definition) is 3. The molecule has 0 spiro atoms. The van der Waals surface area contributed by atoms with E-state index in [0.717, 1.165) is 11.3 Å². The standard InChI is InChI=1S/C18H24FN3O2/c1-4-20-17(21-11-14-6-5-7-15(19)10-14)22-12-18(3,23)16-9-8-13(2)24-16/h5-10,23H,4,11-12H2,1-3H3,(H2,20,21,22). The van der Waals surface area contributed by atoms with E-state index in [0.29, 0.717) is 24.8 Å². The first-order valence-corrected chi connectivity index (χ1v) is 7.96. The zero-order valence-electron chi connectivity index (χ0n) is 14.3. The van der Waals surface area contributed by atoms with Crippen LogP contribution in [0.2, 0.25) is 0 Å². The highest BCUT2D eigenvalue weighted by atomic mass is 19.1. The summed E-state index contributed by atoms with van der Waals surface area (Å²) in [6.45, 7) is 6.71. The van der Waals surface area contributed by atoms with Crippen molar-refractivity contribution in [2.24, 2.45) is 4.99 Å². The molecule has 24 heavy (non-hydrogen) atoms. The molecule has 130 valence electrons. The van der Waals surface area contributed by atoms with Crippen LogP contribution in [0.15, 0.2) is 45.8 Å². The minimum absolute atomic E-state index is 0.231. The molecular weight excluding hydrogens is 309 g/mol. The number of aliphatic imine (C=N–C) groups is 1. The van der Waals surface area contributed by atoms with Crippen molar-refractivity contribution in [3.05, 3.63) is 59.3 Å². The van der Waals surface area contributed by atoms with Gasteiger partial charge < -0.3 is 20.2 Å². The Kier molecular flexibility index (Phi) is 5.98. The van der Waals surface area contributed by atoms with Gasteiger partial charge in [0.2, 0.25) is 0 Å². The van der Waals surface area contributed by atoms with Crippen molar-refractivity contribution in [2.75, 3.05) is 13.1 Å². The number of benzene rings is 1. The van der Waals surface area contributed by atoms with Gasteiger partial charge in [0.25, 0.3) is 0 Å². The number of aryl methyl sites for hydroxylation is 1. The van der Waals surface area contributed by atoms with Crippen LogP contribution >= 0.6 is 0 Å². The number of aliphatic hydroxyl groups is 1. The maximum absolute atomic E-state index is 13.2. The van der Waals surface area contributed by atoms with Crippen molar-refractivity contribution in [1.82, 2.24) is 10.6 Å². The Bertz CT molecular complexity index is 695. The van der Waals surface area contributed by atoms with E-state index < -0.39 is 5.60 Å². The Labute approximate surface area is 141 Å². The summed E-state index contributed by atoms with van der Waals surface area (Å²) in [6.07, 6.45) is 0. The highest BCUT2D eigenvalue weighted by Gasteiger charge is 2.27. The van der Waals surface area contributed by atoms with Gasteiger partial charge in [-0.3, -0.25) is 0 Å². The second kappa shape index (κ2) is 7.97. The minimum atomic E-state index is -1.16. The summed E-state index contributed by atoms with van der Waals surface area (Å²) >= 11 is 0. The Morgan fingerprint density at radius 3 is 2.71 bits per heavy atom. The minimum Gasteiger partial charge on any atom is -0.463 e. The molecule has 0 aliphatic heterocycles. The van der Waals surface area contributed by atoms with E-state index in [1.54, 1.807) is 19.1 Å². The molecule has 1 aromatic heterocycles. The Hall–Kier alpha value is -2.34. The van der Waals surface area contributed by atoms with Gasteiger partial charge in [0.15, 0.2) is 5.96 Å². The molecule has 0 fully saturated rings. The zero-order chi connectivity index (χ0) is 17.6. The second-order valence-corrected chi connectivity index (χ2v) is 5.86. The molecule has 2 aromatic rings. The summed E-state index contributed by atoms with van der Waals surface area (Å²) in [6, 6.07) is 9.90. The van der Waals surface area contributed by atoms with Gasteiger partial charge in [-0.25, -0.2) is 9.38 Å². The molecule has 3 N–H and O–H groups in total. The van der Waals surface area contributed by atoms with E-state index in [1.165, 1.54) is 12.1 Å². The number of guanidine groups is 1. The maximum Gasteiger partial charge on any atom is 0.191 e. The van der Waals surface area contributed by atoms with Gasteiger partial charge >= 0.3 is 0 Å². The number of halogens is 1. The first-order valence-electron chi connectivity index (χ1n) is 7.96. The fourth-order valence-electron chi connectivity index (χ4n) is 2.21. The summed E-state index contributed by atoms with van der Waals surface area (Å²) in [4.78, 5) is 4.41. The van der Waals surface area contributed by atoms with E-state index in [1.807, 2.05) is 26.0 Å². The molecule has 2 rings (SSSR count). The lowest BCUT2D eigenvalue weighted by atomic mass is 10.0. The molecule has 0 aliphatic carbocycles. The number of furan rings is 1. The molecule has 0 aliphatic rings. The van der Waals surface area contributed by atoms with Crippen molar-refractivity contribution in [3.8, 4) is 0 Å². The summed E-state index contributed by atoms with van der Waals surface area (Å²) in [5.74, 6) is 1.51. The van der Waals surface area contributed by atoms with Crippen molar-refractivity contribution in [1.29, 1.82) is 0 Å². The van der Waals surface area contributed by atoms with Crippen LogP contribution in [0, 0.1) is 12.7 Å². The third-order valence-electron chi connectivity index (χ3n) is 3.52. The average Bonchev–Trinajstić information content (AvgIpc) is 2.98. The van der Waals surface area contributed by atoms with Gasteiger partial charge in [-0.05, 0) is 50.6 Å². The Morgan fingerprint density at radius 2 is 2.08 bits per heavy atom. The van der Waals surface area contributed by atoms with Crippen LogP contribution < -0.4 is 10.6 Å². The molecular formula is C18H24FN3O2. The normalized spacial score (nSPS) is 14.3. The lowest BCUT2D eigenvalue weighted by Gasteiger charge is -2.22. The lowest BCUT2D eigenvalue weighted by Crippen LogP contribution is -2.44. The molecule has 5 nitrogen and oxygen atoms in total. The van der Waals surface area contributed by atoms with Crippen LogP contribution in [0.3, 0.4) is 0 Å². The molecule has 0 saturated carbocycles. The van der Waals surface area contributed by atoms with Crippen LogP contribution in [0.5, 0.6) is 0 Å². The molecule has 1 heterocycles. The number of rotatable bonds is 6. The third-order valence-corrected chi connectivity index (χ3v) is 3.52. The van der Waals surface area contributed by atoms with Gasteiger partial charge in [-0.1, -0.05) is 12.1 Å². The highest BCUT2D eigenvalue weighted by molar-refractivity contribution is 5.79. The molecule has 0 saturated heterocycles. The summed E-state index contributed by atoms with van der Waals surface area (Å²) in [5.41, 5.74) is -0.385. The molecule has 1 atom stereocenters. The van der Waals surface area contributed by atoms with Gasteiger partial charge in [-0.15, -0.1) is 0 Å². The summed E-state index contributed by atoms with van der Waals surface area (Å²) in [7, 11) is 0. The van der Waals surface area contributed by atoms with Crippen LogP contribution in [0.25, 0.3) is 0 Å². The smallest absolute Gasteiger partial charge is 0.191 e. The van der Waals surface area contributed by atoms with E-state index in [4.69, 9.17) is 4.42 Å². The number of nitrogens with one attached hydrogen (secondary N) is 2. The van der Waals surface area contributed by atoms with Crippen LogP contribution in [-0.4, -0.2) is 24.2 Å². The zero-order valence-corrected chi connectivity index (χ0v) is 14.3. The van der Waals surface area contributed by atoms with Crippen molar-refractivity contribution in [2.45, 2.75) is 32.9 Å². The molecule has 0 amide bonds. The first kappa shape index (κ1) is 18.0.